The second-order valence-electron chi connectivity index (χ2n) is 15.8. The Balaban J connectivity index is 0.00000544. The van der Waals surface area contributed by atoms with Crippen LogP contribution in [0.1, 0.15) is 40.2 Å². The van der Waals surface area contributed by atoms with Crippen LogP contribution in [0.5, 0.6) is 5.75 Å². The molecule has 0 bridgehead atoms. The van der Waals surface area contributed by atoms with Crippen molar-refractivity contribution in [2.45, 2.75) is 41.0 Å². The third-order valence-corrected chi connectivity index (χ3v) is 10.9. The molecule has 0 aliphatic rings. The predicted octanol–water partition coefficient (Wildman–Crippen LogP) is 14.0. The number of para-hydroxylation sites is 1. The molecule has 0 aliphatic carbocycles. The number of nitrogens with zero attached hydrogens (tertiary/aromatic N) is 3. The van der Waals surface area contributed by atoms with Crippen molar-refractivity contribution < 1.29 is 30.3 Å². The zero-order chi connectivity index (χ0) is 43.1. The number of fused-ring (bicyclic) bond motifs is 1. The Hall–Kier alpha value is -6.35. The van der Waals surface area contributed by atoms with Crippen LogP contribution in [0.3, 0.4) is 0 Å². The van der Waals surface area contributed by atoms with Crippen LogP contribution in [0, 0.1) is 32.7 Å². The van der Waals surface area contributed by atoms with Gasteiger partial charge in [0.2, 0.25) is 0 Å². The van der Waals surface area contributed by atoms with Gasteiger partial charge in [0.1, 0.15) is 11.6 Å². The molecule has 0 aliphatic heterocycles. The van der Waals surface area contributed by atoms with Gasteiger partial charge in [-0.05, 0) is 102 Å². The van der Waals surface area contributed by atoms with E-state index in [0.29, 0.717) is 22.9 Å². The molecule has 9 aromatic rings. The van der Waals surface area contributed by atoms with Gasteiger partial charge in [0.25, 0.3) is 0 Å². The number of hydrogen-bond donors (Lipinski definition) is 1. The van der Waals surface area contributed by atoms with E-state index >= 15 is 0 Å². The topological polar surface area (TPSA) is 50.9 Å². The van der Waals surface area contributed by atoms with Crippen LogP contribution in [-0.4, -0.2) is 19.6 Å². The van der Waals surface area contributed by atoms with E-state index in [-0.39, 0.29) is 26.8 Å². The van der Waals surface area contributed by atoms with Crippen molar-refractivity contribution in [2.75, 3.05) is 0 Å². The summed E-state index contributed by atoms with van der Waals surface area (Å²) in [5.41, 5.74) is 16.0. The van der Waals surface area contributed by atoms with Crippen LogP contribution in [0.15, 0.2) is 164 Å². The van der Waals surface area contributed by atoms with Gasteiger partial charge in [-0.15, -0.1) is 23.8 Å². The van der Waals surface area contributed by atoms with Crippen molar-refractivity contribution in [2.24, 2.45) is 5.92 Å². The Morgan fingerprint density at radius 2 is 1.35 bits per heavy atom. The molecule has 0 spiro atoms. The first-order valence-corrected chi connectivity index (χ1v) is 20.1. The second-order valence-corrected chi connectivity index (χ2v) is 15.8. The van der Waals surface area contributed by atoms with Gasteiger partial charge in [-0.2, -0.15) is 0 Å². The van der Waals surface area contributed by atoms with Crippen LogP contribution in [-0.2, 0) is 27.5 Å². The summed E-state index contributed by atoms with van der Waals surface area (Å²) < 4.78 is 25.7. The Labute approximate surface area is 371 Å². The summed E-state index contributed by atoms with van der Waals surface area (Å²) in [7, 11) is 0. The molecule has 7 aromatic carbocycles. The van der Waals surface area contributed by atoms with Gasteiger partial charge in [0, 0.05) is 42.6 Å². The number of phenolic OH excluding ortho intramolecular Hbond substituents is 1. The van der Waals surface area contributed by atoms with Crippen molar-refractivity contribution in [3.8, 4) is 78.6 Å². The Kier molecular flexibility index (Phi) is 10.5. The van der Waals surface area contributed by atoms with E-state index in [4.69, 9.17) is 14.1 Å². The molecule has 0 amide bonds. The summed E-state index contributed by atoms with van der Waals surface area (Å²) in [6.45, 7) is 6.29. The van der Waals surface area contributed by atoms with E-state index < -0.39 is 6.85 Å². The summed E-state index contributed by atoms with van der Waals surface area (Å²) in [5, 5.41) is 11.8. The number of aromatic hydroxyl groups is 1. The summed E-state index contributed by atoms with van der Waals surface area (Å²) in [5.74, 6) is 1.33. The average molecular weight is 963 g/mol. The fraction of sp³-hybridized carbons (Fsp3) is 0.127. The van der Waals surface area contributed by atoms with E-state index in [1.165, 1.54) is 5.56 Å². The molecule has 60 heavy (non-hydrogen) atoms. The smallest absolute Gasteiger partial charge is 0.148 e. The third kappa shape index (κ3) is 8.01. The number of aromatic nitrogens is 3. The van der Waals surface area contributed by atoms with Crippen molar-refractivity contribution in [1.82, 2.24) is 14.5 Å². The van der Waals surface area contributed by atoms with Gasteiger partial charge in [-0.3, -0.25) is 9.55 Å². The molecule has 0 fully saturated rings. The van der Waals surface area contributed by atoms with Crippen LogP contribution < -0.4 is 0 Å². The molecule has 1 N–H and O–H groups in total. The molecule has 0 saturated heterocycles. The predicted molar refractivity (Wildman–Crippen MR) is 245 cm³/mol. The number of aryl methyl sites for hydroxylation is 3. The quantitative estimate of drug-likeness (QED) is 0.147. The molecule has 0 unspecified atom stereocenters. The number of phenols is 1. The molecular weight excluding hydrogens is 914 g/mol. The van der Waals surface area contributed by atoms with Gasteiger partial charge < -0.3 is 5.11 Å². The monoisotopic (exact) mass is 962 g/mol. The molecule has 0 atom stereocenters. The minimum absolute atomic E-state index is 0. The Morgan fingerprint density at radius 1 is 0.633 bits per heavy atom. The second kappa shape index (κ2) is 17.1. The average Bonchev–Trinajstić information content (AvgIpc) is 3.67. The van der Waals surface area contributed by atoms with Crippen LogP contribution in [0.4, 0.5) is 0 Å². The van der Waals surface area contributed by atoms with Crippen LogP contribution in [0.2, 0.25) is 0 Å². The molecule has 0 saturated carbocycles. The molecular formula is C55H46N3OPt-. The number of benzene rings is 7. The van der Waals surface area contributed by atoms with Crippen molar-refractivity contribution >= 4 is 11.0 Å². The van der Waals surface area contributed by atoms with Gasteiger partial charge in [-0.25, -0.2) is 4.98 Å². The maximum atomic E-state index is 11.8. The normalized spacial score (nSPS) is 12.2. The van der Waals surface area contributed by atoms with E-state index in [0.717, 1.165) is 90.0 Å². The van der Waals surface area contributed by atoms with Crippen LogP contribution >= 0.6 is 0 Å². The first-order chi connectivity index (χ1) is 29.9. The van der Waals surface area contributed by atoms with Gasteiger partial charge in [0.15, 0.2) is 0 Å². The number of pyridine rings is 1. The molecule has 2 aromatic heterocycles. The largest absolute Gasteiger partial charge is 0.507 e. The molecule has 298 valence electrons. The summed E-state index contributed by atoms with van der Waals surface area (Å²) in [4.78, 5) is 10.3. The van der Waals surface area contributed by atoms with E-state index in [1.807, 2.05) is 74.5 Å². The van der Waals surface area contributed by atoms with E-state index in [9.17, 15) is 5.11 Å². The zero-order valence-corrected chi connectivity index (χ0v) is 36.3. The maximum Gasteiger partial charge on any atom is 0.148 e. The fourth-order valence-corrected chi connectivity index (χ4v) is 8.17. The van der Waals surface area contributed by atoms with Crippen molar-refractivity contribution in [3.05, 3.63) is 192 Å². The van der Waals surface area contributed by atoms with E-state index in [2.05, 4.69) is 109 Å². The first-order valence-electron chi connectivity index (χ1n) is 21.6. The minimum atomic E-state index is -2.17. The van der Waals surface area contributed by atoms with Crippen LogP contribution in [0.25, 0.3) is 83.9 Å². The summed E-state index contributed by atoms with van der Waals surface area (Å²) in [6, 6.07) is 56.8. The first kappa shape index (κ1) is 36.7. The zero-order valence-electron chi connectivity index (χ0n) is 37.0. The van der Waals surface area contributed by atoms with Crippen molar-refractivity contribution in [3.63, 3.8) is 0 Å². The third-order valence-electron chi connectivity index (χ3n) is 10.9. The molecule has 5 heteroatoms. The molecule has 2 heterocycles. The van der Waals surface area contributed by atoms with Gasteiger partial charge in [0.05, 0.1) is 22.3 Å². The summed E-state index contributed by atoms with van der Waals surface area (Å²) >= 11 is 0. The number of imidazole rings is 1. The number of rotatable bonds is 9. The molecule has 4 nitrogen and oxygen atoms in total. The molecule has 9 rings (SSSR count). The maximum absolute atomic E-state index is 11.8. The number of hydrogen-bond acceptors (Lipinski definition) is 3. The van der Waals surface area contributed by atoms with E-state index in [1.54, 1.807) is 18.3 Å². The summed E-state index contributed by atoms with van der Waals surface area (Å²) in [6.07, 6.45) is 2.73. The van der Waals surface area contributed by atoms with Gasteiger partial charge >= 0.3 is 0 Å². The minimum Gasteiger partial charge on any atom is -0.507 e. The Bertz CT molecular complexity index is 3090. The van der Waals surface area contributed by atoms with Gasteiger partial charge in [-0.1, -0.05) is 151 Å². The SMILES string of the molecule is [2H]C([2H])([2H])c1ccc(-c2ccnc(-c3[c-]c(-c4cccc5c4nc(-c4cc(C)cc(C)c4O)n5-c4ccc(CC(C)C)cc4-c4ccccc4)cc(-c4ccccc4)c3)c2)cc1.[Pt]. The molecule has 0 radical (unpaired) electrons. The standard InChI is InChI=1S/C55H46N3O.Pt/c1-35(2)27-39-21-24-51(48(30-39)42-15-10-7-11-16-42)58-52-18-12-17-47(53(52)57-55(58)49-29-37(4)28-38(5)54(49)59)45-31-44(40-13-8-6-9-14-40)32-46(33-45)50-34-43(25-26-56-50)41-22-19-36(3)20-23-41;/h6-26,28-32,34-35,59H,27H2,1-5H3;/q-1;/i3D3;. The fourth-order valence-electron chi connectivity index (χ4n) is 8.17. The Morgan fingerprint density at radius 3 is 2.08 bits per heavy atom. The van der Waals surface area contributed by atoms with Crippen molar-refractivity contribution in [1.29, 1.82) is 0 Å².